The van der Waals surface area contributed by atoms with E-state index < -0.39 is 10.0 Å². The molecule has 0 spiro atoms. The lowest BCUT2D eigenvalue weighted by molar-refractivity contribution is 0.317. The van der Waals surface area contributed by atoms with Gasteiger partial charge in [-0.15, -0.1) is 0 Å². The quantitative estimate of drug-likeness (QED) is 0.724. The van der Waals surface area contributed by atoms with Crippen molar-refractivity contribution in [3.63, 3.8) is 0 Å². The second kappa shape index (κ2) is 8.47. The van der Waals surface area contributed by atoms with Crippen LogP contribution in [-0.4, -0.2) is 45.4 Å². The molecule has 0 aromatic heterocycles. The van der Waals surface area contributed by atoms with Crippen molar-refractivity contribution in [1.29, 1.82) is 0 Å². The molecule has 2 rings (SSSR count). The van der Waals surface area contributed by atoms with E-state index in [2.05, 4.69) is 17.0 Å². The molecule has 0 fully saturated rings. The van der Waals surface area contributed by atoms with Gasteiger partial charge in [0.2, 0.25) is 10.0 Å². The molecular formula is C19H26N2O3S. The zero-order valence-corrected chi connectivity index (χ0v) is 16.1. The summed E-state index contributed by atoms with van der Waals surface area (Å²) in [6.45, 7) is 4.07. The minimum absolute atomic E-state index is 0.324. The third-order valence-corrected chi connectivity index (χ3v) is 5.63. The van der Waals surface area contributed by atoms with Crippen molar-refractivity contribution in [3.05, 3.63) is 59.7 Å². The largest absolute Gasteiger partial charge is 0.494 e. The van der Waals surface area contributed by atoms with Crippen LogP contribution < -0.4 is 4.74 Å². The molecule has 0 heterocycles. The summed E-state index contributed by atoms with van der Waals surface area (Å²) >= 11 is 0. The highest BCUT2D eigenvalue weighted by Crippen LogP contribution is 2.17. The van der Waals surface area contributed by atoms with E-state index in [4.69, 9.17) is 4.74 Å². The molecule has 136 valence electrons. The van der Waals surface area contributed by atoms with Crippen molar-refractivity contribution in [3.8, 4) is 5.75 Å². The summed E-state index contributed by atoms with van der Waals surface area (Å²) in [5, 5.41) is 0. The summed E-state index contributed by atoms with van der Waals surface area (Å²) in [5.74, 6) is 0.871. The minimum Gasteiger partial charge on any atom is -0.494 e. The van der Waals surface area contributed by atoms with E-state index in [-0.39, 0.29) is 0 Å². The van der Waals surface area contributed by atoms with E-state index in [9.17, 15) is 8.42 Å². The molecule has 2 aromatic carbocycles. The fourth-order valence-corrected chi connectivity index (χ4v) is 3.52. The Morgan fingerprint density at radius 3 is 2.16 bits per heavy atom. The van der Waals surface area contributed by atoms with E-state index in [1.165, 1.54) is 9.87 Å². The van der Waals surface area contributed by atoms with Crippen LogP contribution in [-0.2, 0) is 23.1 Å². The Morgan fingerprint density at radius 2 is 1.56 bits per heavy atom. The summed E-state index contributed by atoms with van der Waals surface area (Å²) in [7, 11) is 1.70. The number of nitrogens with zero attached hydrogens (tertiary/aromatic N) is 2. The lowest BCUT2D eigenvalue weighted by Crippen LogP contribution is -2.22. The van der Waals surface area contributed by atoms with Crippen LogP contribution in [0.15, 0.2) is 53.4 Å². The maximum absolute atomic E-state index is 12.2. The molecule has 5 nitrogen and oxygen atoms in total. The maximum Gasteiger partial charge on any atom is 0.242 e. The average Bonchev–Trinajstić information content (AvgIpc) is 2.57. The van der Waals surface area contributed by atoms with Gasteiger partial charge in [0.25, 0.3) is 0 Å². The Morgan fingerprint density at radius 1 is 0.920 bits per heavy atom. The van der Waals surface area contributed by atoms with E-state index in [1.54, 1.807) is 32.3 Å². The van der Waals surface area contributed by atoms with Crippen LogP contribution in [0.3, 0.4) is 0 Å². The second-order valence-corrected chi connectivity index (χ2v) is 8.34. The van der Waals surface area contributed by atoms with E-state index >= 15 is 0 Å². The lowest BCUT2D eigenvalue weighted by atomic mass is 10.2. The van der Waals surface area contributed by atoms with Gasteiger partial charge in [-0.25, -0.2) is 12.7 Å². The number of sulfonamides is 1. The Bertz CT molecular complexity index is 787. The molecule has 0 unspecified atom stereocenters. The molecule has 0 atom stereocenters. The first kappa shape index (κ1) is 19.4. The molecule has 0 amide bonds. The van der Waals surface area contributed by atoms with E-state index in [0.29, 0.717) is 18.0 Å². The van der Waals surface area contributed by atoms with Gasteiger partial charge in [-0.05, 0) is 49.4 Å². The van der Waals surface area contributed by atoms with Crippen LogP contribution >= 0.6 is 0 Å². The van der Waals surface area contributed by atoms with E-state index in [0.717, 1.165) is 17.9 Å². The van der Waals surface area contributed by atoms with Crippen molar-refractivity contribution in [2.45, 2.75) is 24.9 Å². The predicted molar refractivity (Wildman–Crippen MR) is 100 cm³/mol. The van der Waals surface area contributed by atoms with Gasteiger partial charge in [-0.3, -0.25) is 4.90 Å². The molecule has 0 bridgehead atoms. The zero-order chi connectivity index (χ0) is 18.4. The number of ether oxygens (including phenoxy) is 1. The van der Waals surface area contributed by atoms with Crippen LogP contribution in [0.4, 0.5) is 0 Å². The predicted octanol–water partition coefficient (Wildman–Crippen LogP) is 2.97. The van der Waals surface area contributed by atoms with Gasteiger partial charge in [0.1, 0.15) is 5.75 Å². The Labute approximate surface area is 150 Å². The number of hydrogen-bond acceptors (Lipinski definition) is 4. The zero-order valence-electron chi connectivity index (χ0n) is 15.3. The molecule has 0 aliphatic rings. The Balaban J connectivity index is 2.04. The average molecular weight is 362 g/mol. The van der Waals surface area contributed by atoms with Crippen molar-refractivity contribution in [2.24, 2.45) is 0 Å². The summed E-state index contributed by atoms with van der Waals surface area (Å²) in [6.07, 6.45) is 0. The first-order valence-corrected chi connectivity index (χ1v) is 9.68. The van der Waals surface area contributed by atoms with Crippen LogP contribution in [0.5, 0.6) is 5.75 Å². The highest BCUT2D eigenvalue weighted by atomic mass is 32.2. The SMILES string of the molecule is CCOc1ccc(CN(C)Cc2cccc(S(=O)(=O)N(C)C)c2)cc1. The molecule has 0 aliphatic heterocycles. The summed E-state index contributed by atoms with van der Waals surface area (Å²) < 4.78 is 31.2. The smallest absolute Gasteiger partial charge is 0.242 e. The highest BCUT2D eigenvalue weighted by Gasteiger charge is 2.17. The van der Waals surface area contributed by atoms with Crippen molar-refractivity contribution in [1.82, 2.24) is 9.21 Å². The molecule has 2 aromatic rings. The molecule has 0 radical (unpaired) electrons. The van der Waals surface area contributed by atoms with Crippen LogP contribution in [0.2, 0.25) is 0 Å². The topological polar surface area (TPSA) is 49.9 Å². The van der Waals surface area contributed by atoms with Crippen molar-refractivity contribution >= 4 is 10.0 Å². The lowest BCUT2D eigenvalue weighted by Gasteiger charge is -2.18. The van der Waals surface area contributed by atoms with Crippen LogP contribution in [0.25, 0.3) is 0 Å². The summed E-state index contributed by atoms with van der Waals surface area (Å²) in [5.41, 5.74) is 2.15. The fraction of sp³-hybridized carbons (Fsp3) is 0.368. The van der Waals surface area contributed by atoms with E-state index in [1.807, 2.05) is 32.2 Å². The third kappa shape index (κ3) is 5.29. The first-order valence-electron chi connectivity index (χ1n) is 8.24. The summed E-state index contributed by atoms with van der Waals surface area (Å²) in [4.78, 5) is 2.47. The second-order valence-electron chi connectivity index (χ2n) is 6.18. The van der Waals surface area contributed by atoms with Gasteiger partial charge < -0.3 is 4.74 Å². The van der Waals surface area contributed by atoms with Gasteiger partial charge in [0, 0.05) is 27.2 Å². The Kier molecular flexibility index (Phi) is 6.58. The molecule has 6 heteroatoms. The molecular weight excluding hydrogens is 336 g/mol. The maximum atomic E-state index is 12.2. The number of rotatable bonds is 8. The minimum atomic E-state index is -3.40. The summed E-state index contributed by atoms with van der Waals surface area (Å²) in [6, 6.07) is 15.1. The third-order valence-electron chi connectivity index (χ3n) is 3.82. The number of hydrogen-bond donors (Lipinski definition) is 0. The van der Waals surface area contributed by atoms with Gasteiger partial charge in [-0.1, -0.05) is 24.3 Å². The Hall–Kier alpha value is -1.89. The molecule has 25 heavy (non-hydrogen) atoms. The standard InChI is InChI=1S/C19H26N2O3S/c1-5-24-18-11-9-16(10-12-18)14-21(4)15-17-7-6-8-19(13-17)25(22,23)20(2)3/h6-13H,5,14-15H2,1-4H3. The normalized spacial score (nSPS) is 11.9. The van der Waals surface area contributed by atoms with Crippen molar-refractivity contribution in [2.75, 3.05) is 27.7 Å². The van der Waals surface area contributed by atoms with Crippen LogP contribution in [0, 0.1) is 0 Å². The highest BCUT2D eigenvalue weighted by molar-refractivity contribution is 7.89. The van der Waals surface area contributed by atoms with Crippen molar-refractivity contribution < 1.29 is 13.2 Å². The van der Waals surface area contributed by atoms with Crippen LogP contribution in [0.1, 0.15) is 18.1 Å². The van der Waals surface area contributed by atoms with Gasteiger partial charge >= 0.3 is 0 Å². The first-order chi connectivity index (χ1) is 11.8. The van der Waals surface area contributed by atoms with Gasteiger partial charge in [0.15, 0.2) is 0 Å². The molecule has 0 saturated heterocycles. The number of benzene rings is 2. The fourth-order valence-electron chi connectivity index (χ4n) is 2.55. The molecule has 0 N–H and O–H groups in total. The monoisotopic (exact) mass is 362 g/mol. The van der Waals surface area contributed by atoms with Gasteiger partial charge in [0.05, 0.1) is 11.5 Å². The van der Waals surface area contributed by atoms with Gasteiger partial charge in [-0.2, -0.15) is 0 Å². The molecule has 0 saturated carbocycles. The molecule has 0 aliphatic carbocycles.